The molecule has 16 heavy (non-hydrogen) atoms. The van der Waals surface area contributed by atoms with Gasteiger partial charge in [0.1, 0.15) is 0 Å². The van der Waals surface area contributed by atoms with E-state index in [9.17, 15) is 5.11 Å². The first-order valence-corrected chi connectivity index (χ1v) is 6.68. The van der Waals surface area contributed by atoms with Crippen molar-refractivity contribution in [3.63, 3.8) is 0 Å². The maximum absolute atomic E-state index is 10.6. The number of allylic oxidation sites excluding steroid dienone is 2. The minimum atomic E-state index is -0.449. The zero-order valence-corrected chi connectivity index (χ0v) is 11.2. The highest BCUT2D eigenvalue weighted by atomic mass is 16.3. The van der Waals surface area contributed by atoms with Crippen LogP contribution in [0.1, 0.15) is 59.8 Å². The molecule has 2 aliphatic carbocycles. The fraction of sp³-hybridized carbons (Fsp3) is 0.867. The van der Waals surface area contributed by atoms with E-state index in [2.05, 4.69) is 33.8 Å². The summed E-state index contributed by atoms with van der Waals surface area (Å²) in [4.78, 5) is 0. The molecule has 0 spiro atoms. The molecule has 1 fully saturated rings. The molecule has 0 heterocycles. The van der Waals surface area contributed by atoms with E-state index < -0.39 is 5.60 Å². The van der Waals surface area contributed by atoms with Crippen LogP contribution in [0.15, 0.2) is 11.6 Å². The second-order valence-corrected chi connectivity index (χ2v) is 7.09. The van der Waals surface area contributed by atoms with Crippen LogP contribution in [0, 0.1) is 17.3 Å². The lowest BCUT2D eigenvalue weighted by Crippen LogP contribution is -2.37. The summed E-state index contributed by atoms with van der Waals surface area (Å²) in [5.74, 6) is 1.20. The zero-order chi connectivity index (χ0) is 12.0. The van der Waals surface area contributed by atoms with E-state index in [1.807, 2.05) is 0 Å². The first-order chi connectivity index (χ1) is 7.30. The Bertz CT molecular complexity index is 299. The van der Waals surface area contributed by atoms with E-state index >= 15 is 0 Å². The zero-order valence-electron chi connectivity index (χ0n) is 11.2. The van der Waals surface area contributed by atoms with E-state index in [1.54, 1.807) is 0 Å². The van der Waals surface area contributed by atoms with Crippen molar-refractivity contribution >= 4 is 0 Å². The Morgan fingerprint density at radius 1 is 1.25 bits per heavy atom. The van der Waals surface area contributed by atoms with Crippen LogP contribution in [-0.2, 0) is 0 Å². The van der Waals surface area contributed by atoms with Gasteiger partial charge < -0.3 is 5.11 Å². The van der Waals surface area contributed by atoms with Crippen LogP contribution >= 0.6 is 0 Å². The maximum atomic E-state index is 10.6. The van der Waals surface area contributed by atoms with Gasteiger partial charge in [-0.25, -0.2) is 0 Å². The van der Waals surface area contributed by atoms with Crippen LogP contribution in [0.5, 0.6) is 0 Å². The summed E-state index contributed by atoms with van der Waals surface area (Å²) in [6.45, 7) is 9.02. The summed E-state index contributed by atoms with van der Waals surface area (Å²) in [5.41, 5.74) is 1.50. The summed E-state index contributed by atoms with van der Waals surface area (Å²) < 4.78 is 0. The Balaban J connectivity index is 2.26. The molecule has 0 saturated heterocycles. The highest BCUT2D eigenvalue weighted by molar-refractivity contribution is 5.08. The van der Waals surface area contributed by atoms with E-state index in [1.165, 1.54) is 24.8 Å². The van der Waals surface area contributed by atoms with Crippen LogP contribution < -0.4 is 0 Å². The lowest BCUT2D eigenvalue weighted by molar-refractivity contribution is -0.0271. The third-order valence-corrected chi connectivity index (χ3v) is 4.68. The lowest BCUT2D eigenvalue weighted by Gasteiger charge is -2.36. The fourth-order valence-electron chi connectivity index (χ4n) is 3.93. The van der Waals surface area contributed by atoms with Gasteiger partial charge in [-0.15, -0.1) is 0 Å². The number of fused-ring (bicyclic) bond motifs is 1. The van der Waals surface area contributed by atoms with Gasteiger partial charge in [0.25, 0.3) is 0 Å². The monoisotopic (exact) mass is 222 g/mol. The van der Waals surface area contributed by atoms with Crippen LogP contribution in [0.4, 0.5) is 0 Å². The van der Waals surface area contributed by atoms with Gasteiger partial charge >= 0.3 is 0 Å². The lowest BCUT2D eigenvalue weighted by atomic mass is 9.74. The minimum Gasteiger partial charge on any atom is -0.390 e. The average Bonchev–Trinajstić information content (AvgIpc) is 2.39. The molecule has 1 nitrogen and oxygen atoms in total. The van der Waals surface area contributed by atoms with Crippen LogP contribution in [0.3, 0.4) is 0 Å². The topological polar surface area (TPSA) is 20.2 Å². The van der Waals surface area contributed by atoms with E-state index in [4.69, 9.17) is 0 Å². The quantitative estimate of drug-likeness (QED) is 0.616. The highest BCUT2D eigenvalue weighted by Gasteiger charge is 2.47. The van der Waals surface area contributed by atoms with E-state index in [-0.39, 0.29) is 0 Å². The van der Waals surface area contributed by atoms with Crippen LogP contribution in [-0.4, -0.2) is 10.7 Å². The molecule has 0 bridgehead atoms. The molecule has 1 heteroatoms. The molecular weight excluding hydrogens is 196 g/mol. The third kappa shape index (κ3) is 2.34. The van der Waals surface area contributed by atoms with Gasteiger partial charge in [-0.2, -0.15) is 0 Å². The summed E-state index contributed by atoms with van der Waals surface area (Å²) in [7, 11) is 0. The molecule has 0 radical (unpaired) electrons. The van der Waals surface area contributed by atoms with Gasteiger partial charge in [-0.3, -0.25) is 0 Å². The molecule has 0 amide bonds. The number of rotatable bonds is 0. The molecule has 3 unspecified atom stereocenters. The third-order valence-electron chi connectivity index (χ3n) is 4.68. The maximum Gasteiger partial charge on any atom is 0.0653 e. The molecule has 3 atom stereocenters. The van der Waals surface area contributed by atoms with Crippen LogP contribution in [0.25, 0.3) is 0 Å². The van der Waals surface area contributed by atoms with Gasteiger partial charge in [0.15, 0.2) is 0 Å². The summed E-state index contributed by atoms with van der Waals surface area (Å²) in [5, 5.41) is 10.6. The number of hydrogen-bond acceptors (Lipinski definition) is 1. The average molecular weight is 222 g/mol. The Labute approximate surface area is 99.9 Å². The molecule has 2 rings (SSSR count). The van der Waals surface area contributed by atoms with Crippen molar-refractivity contribution < 1.29 is 5.11 Å². The van der Waals surface area contributed by atoms with Crippen molar-refractivity contribution in [2.24, 2.45) is 17.3 Å². The smallest absolute Gasteiger partial charge is 0.0653 e. The molecule has 0 aliphatic heterocycles. The fourth-order valence-corrected chi connectivity index (χ4v) is 3.93. The summed E-state index contributed by atoms with van der Waals surface area (Å²) in [6.07, 6.45) is 7.97. The molecule has 0 aromatic heterocycles. The Kier molecular flexibility index (Phi) is 2.94. The van der Waals surface area contributed by atoms with Crippen molar-refractivity contribution in [2.75, 3.05) is 0 Å². The minimum absolute atomic E-state index is 0.421. The Hall–Kier alpha value is -0.300. The molecule has 1 N–H and O–H groups in total. The Morgan fingerprint density at radius 3 is 2.62 bits per heavy atom. The predicted molar refractivity (Wildman–Crippen MR) is 68.2 cm³/mol. The molecule has 2 aliphatic rings. The van der Waals surface area contributed by atoms with Gasteiger partial charge in [-0.1, -0.05) is 25.5 Å². The van der Waals surface area contributed by atoms with Crippen molar-refractivity contribution in [2.45, 2.75) is 65.4 Å². The first-order valence-electron chi connectivity index (χ1n) is 6.68. The number of hydrogen-bond donors (Lipinski definition) is 1. The van der Waals surface area contributed by atoms with E-state index in [0.717, 1.165) is 12.8 Å². The van der Waals surface area contributed by atoms with Gasteiger partial charge in [-0.05, 0) is 63.2 Å². The first kappa shape index (κ1) is 12.2. The Morgan fingerprint density at radius 2 is 1.94 bits per heavy atom. The molecule has 1 saturated carbocycles. The van der Waals surface area contributed by atoms with Gasteiger partial charge in [0.2, 0.25) is 0 Å². The van der Waals surface area contributed by atoms with E-state index in [0.29, 0.717) is 17.3 Å². The summed E-state index contributed by atoms with van der Waals surface area (Å²) in [6, 6.07) is 0. The van der Waals surface area contributed by atoms with Crippen molar-refractivity contribution in [1.29, 1.82) is 0 Å². The van der Waals surface area contributed by atoms with Crippen molar-refractivity contribution in [1.82, 2.24) is 0 Å². The second-order valence-electron chi connectivity index (χ2n) is 7.09. The summed E-state index contributed by atoms with van der Waals surface area (Å²) >= 11 is 0. The van der Waals surface area contributed by atoms with Crippen LogP contribution in [0.2, 0.25) is 0 Å². The normalized spacial score (nSPS) is 43.2. The van der Waals surface area contributed by atoms with Gasteiger partial charge in [0, 0.05) is 0 Å². The van der Waals surface area contributed by atoms with Gasteiger partial charge in [0.05, 0.1) is 5.60 Å². The SMILES string of the molecule is CC1=CCCC(C)(O)C2CC(C)(C)CC2C1. The highest BCUT2D eigenvalue weighted by Crippen LogP contribution is 2.52. The molecule has 0 aromatic carbocycles. The molecule has 92 valence electrons. The predicted octanol–water partition coefficient (Wildman–Crippen LogP) is 3.92. The van der Waals surface area contributed by atoms with Crippen molar-refractivity contribution in [3.8, 4) is 0 Å². The van der Waals surface area contributed by atoms with Crippen molar-refractivity contribution in [3.05, 3.63) is 11.6 Å². The molecule has 0 aromatic rings. The largest absolute Gasteiger partial charge is 0.390 e. The second kappa shape index (κ2) is 3.87. The number of aliphatic hydroxyl groups is 1. The molecular formula is C15H26O. The standard InChI is InChI=1S/C15H26O/c1-11-6-5-7-15(4,16)13-10-14(2,3)9-12(13)8-11/h6,12-13,16H,5,7-10H2,1-4H3.